The lowest BCUT2D eigenvalue weighted by atomic mass is 10.1. The van der Waals surface area contributed by atoms with Gasteiger partial charge in [0.1, 0.15) is 0 Å². The summed E-state index contributed by atoms with van der Waals surface area (Å²) < 4.78 is 0. The maximum atomic E-state index is 3.41. The van der Waals surface area contributed by atoms with E-state index in [9.17, 15) is 0 Å². The van der Waals surface area contributed by atoms with Crippen molar-refractivity contribution in [2.24, 2.45) is 0 Å². The summed E-state index contributed by atoms with van der Waals surface area (Å²) in [6.45, 7) is 2.12. The Bertz CT molecular complexity index is 443. The molecule has 0 heterocycles. The Morgan fingerprint density at radius 1 is 0.933 bits per heavy atom. The first kappa shape index (κ1) is 10.4. The van der Waals surface area contributed by atoms with Gasteiger partial charge in [-0.05, 0) is 35.2 Å². The Kier molecular flexibility index (Phi) is 3.22. The molecule has 0 bridgehead atoms. The van der Waals surface area contributed by atoms with Gasteiger partial charge in [0.25, 0.3) is 0 Å². The van der Waals surface area contributed by atoms with Crippen LogP contribution in [0.15, 0.2) is 48.5 Å². The number of benzene rings is 2. The highest BCUT2D eigenvalue weighted by atomic mass is 79.9. The van der Waals surface area contributed by atoms with Crippen LogP contribution in [0, 0.1) is 6.92 Å². The average molecular weight is 261 g/mol. The van der Waals surface area contributed by atoms with Gasteiger partial charge in [0, 0.05) is 5.33 Å². The van der Waals surface area contributed by atoms with Crippen LogP contribution in [-0.4, -0.2) is 0 Å². The van der Waals surface area contributed by atoms with Gasteiger partial charge in [-0.15, -0.1) is 0 Å². The summed E-state index contributed by atoms with van der Waals surface area (Å²) in [5.41, 5.74) is 5.58. The van der Waals surface area contributed by atoms with Crippen LogP contribution in [0.3, 0.4) is 0 Å². The fourth-order valence-corrected chi connectivity index (χ4v) is 2.06. The molecule has 0 N–H and O–H groups in total. The Hall–Kier alpha value is -1.08. The molecule has 0 nitrogen and oxygen atoms in total. The normalized spacial score (nSPS) is 10.3. The summed E-state index contributed by atoms with van der Waals surface area (Å²) in [5.74, 6) is 0. The number of alkyl halides is 1. The van der Waals surface area contributed by atoms with Gasteiger partial charge in [-0.1, -0.05) is 58.4 Å². The van der Waals surface area contributed by atoms with Gasteiger partial charge in [-0.25, -0.2) is 0 Å². The number of fused-ring (bicyclic) bond motifs is 1. The van der Waals surface area contributed by atoms with Gasteiger partial charge in [0.2, 0.25) is 0 Å². The molecule has 1 heteroatoms. The first-order valence-corrected chi connectivity index (χ1v) is 6.14. The van der Waals surface area contributed by atoms with E-state index in [1.54, 1.807) is 0 Å². The zero-order valence-electron chi connectivity index (χ0n) is 8.70. The molecule has 0 spiro atoms. The summed E-state index contributed by atoms with van der Waals surface area (Å²) in [6, 6.07) is 16.8. The maximum Gasteiger partial charge on any atom is 0.0285 e. The van der Waals surface area contributed by atoms with Crippen molar-refractivity contribution in [3.63, 3.8) is 0 Å². The van der Waals surface area contributed by atoms with Crippen LogP contribution >= 0.6 is 15.9 Å². The number of rotatable bonds is 1. The van der Waals surface area contributed by atoms with E-state index < -0.39 is 0 Å². The van der Waals surface area contributed by atoms with Crippen molar-refractivity contribution >= 4 is 15.9 Å². The standard InChI is InChI=1S/C8H9Br.C6H4/c1-7-4-2-3-5-8(7)6-9;1-2-5-4-6(5)3-1/h2-5H,6H2,1H3;1-4H. The molecular formula is C14H13Br. The highest BCUT2D eigenvalue weighted by molar-refractivity contribution is 9.08. The van der Waals surface area contributed by atoms with Gasteiger partial charge in [-0.2, -0.15) is 0 Å². The lowest BCUT2D eigenvalue weighted by Gasteiger charge is -1.97. The SMILES string of the molecule is Cc1ccccc1CBr.c1cc2cc-2c1. The Morgan fingerprint density at radius 2 is 1.60 bits per heavy atom. The van der Waals surface area contributed by atoms with E-state index in [0.717, 1.165) is 5.33 Å². The molecule has 1 aromatic rings. The van der Waals surface area contributed by atoms with E-state index >= 15 is 0 Å². The molecule has 0 saturated heterocycles. The molecule has 0 unspecified atom stereocenters. The Morgan fingerprint density at radius 3 is 1.93 bits per heavy atom. The largest absolute Gasteiger partial charge is 0.0876 e. The molecule has 0 aliphatic heterocycles. The van der Waals surface area contributed by atoms with Crippen LogP contribution in [0.25, 0.3) is 11.1 Å². The molecule has 0 aromatic heterocycles. The minimum absolute atomic E-state index is 0.958. The molecule has 76 valence electrons. The molecule has 2 aliphatic rings. The topological polar surface area (TPSA) is 0 Å². The molecule has 1 aromatic carbocycles. The molecule has 15 heavy (non-hydrogen) atoms. The third-order valence-electron chi connectivity index (χ3n) is 2.52. The molecule has 0 atom stereocenters. The Labute approximate surface area is 99.1 Å². The van der Waals surface area contributed by atoms with E-state index in [0.29, 0.717) is 0 Å². The molecule has 0 amide bonds. The fourth-order valence-electron chi connectivity index (χ4n) is 1.44. The van der Waals surface area contributed by atoms with Crippen LogP contribution in [0.1, 0.15) is 11.1 Å². The quantitative estimate of drug-likeness (QED) is 0.563. The monoisotopic (exact) mass is 260 g/mol. The van der Waals surface area contributed by atoms with Crippen LogP contribution in [0.5, 0.6) is 0 Å². The third kappa shape index (κ3) is 2.69. The van der Waals surface area contributed by atoms with E-state index in [-0.39, 0.29) is 0 Å². The van der Waals surface area contributed by atoms with Gasteiger partial charge >= 0.3 is 0 Å². The summed E-state index contributed by atoms with van der Waals surface area (Å²) in [6.07, 6.45) is 0. The lowest BCUT2D eigenvalue weighted by Crippen LogP contribution is -1.80. The number of hydrogen-bond donors (Lipinski definition) is 0. The van der Waals surface area contributed by atoms with Crippen LogP contribution in [-0.2, 0) is 5.33 Å². The highest BCUT2D eigenvalue weighted by Crippen LogP contribution is 2.32. The maximum absolute atomic E-state index is 3.41. The van der Waals surface area contributed by atoms with Crippen LogP contribution in [0.4, 0.5) is 0 Å². The van der Waals surface area contributed by atoms with E-state index in [1.807, 2.05) is 0 Å². The van der Waals surface area contributed by atoms with Gasteiger partial charge in [-0.3, -0.25) is 0 Å². The summed E-state index contributed by atoms with van der Waals surface area (Å²) in [7, 11) is 0. The van der Waals surface area contributed by atoms with Crippen molar-refractivity contribution in [2.45, 2.75) is 12.3 Å². The zero-order chi connectivity index (χ0) is 10.7. The summed E-state index contributed by atoms with van der Waals surface area (Å²) in [4.78, 5) is 0. The van der Waals surface area contributed by atoms with Gasteiger partial charge in [0.15, 0.2) is 0 Å². The van der Waals surface area contributed by atoms with Gasteiger partial charge < -0.3 is 0 Å². The average Bonchev–Trinajstić information content (AvgIpc) is 2.87. The van der Waals surface area contributed by atoms with E-state index in [1.165, 1.54) is 22.3 Å². The zero-order valence-corrected chi connectivity index (χ0v) is 10.3. The molecule has 0 saturated carbocycles. The molecule has 0 radical (unpaired) electrons. The number of aryl methyl sites for hydroxylation is 1. The van der Waals surface area contributed by atoms with Crippen molar-refractivity contribution < 1.29 is 0 Å². The predicted octanol–water partition coefficient (Wildman–Crippen LogP) is 4.56. The fraction of sp³-hybridized carbons (Fsp3) is 0.143. The second kappa shape index (κ2) is 4.63. The number of hydrogen-bond acceptors (Lipinski definition) is 0. The first-order valence-electron chi connectivity index (χ1n) is 5.02. The second-order valence-corrected chi connectivity index (χ2v) is 4.20. The van der Waals surface area contributed by atoms with Crippen LogP contribution < -0.4 is 0 Å². The third-order valence-corrected chi connectivity index (χ3v) is 3.12. The van der Waals surface area contributed by atoms with Crippen molar-refractivity contribution in [3.05, 3.63) is 59.7 Å². The van der Waals surface area contributed by atoms with Crippen molar-refractivity contribution in [3.8, 4) is 11.1 Å². The lowest BCUT2D eigenvalue weighted by molar-refractivity contribution is 1.32. The van der Waals surface area contributed by atoms with E-state index in [2.05, 4.69) is 71.4 Å². The number of halogens is 1. The molecule has 2 aliphatic carbocycles. The van der Waals surface area contributed by atoms with Crippen molar-refractivity contribution in [1.82, 2.24) is 0 Å². The minimum Gasteiger partial charge on any atom is -0.0876 e. The smallest absolute Gasteiger partial charge is 0.0285 e. The molecular weight excluding hydrogens is 248 g/mol. The predicted molar refractivity (Wildman–Crippen MR) is 69.2 cm³/mol. The summed E-state index contributed by atoms with van der Waals surface area (Å²) >= 11 is 3.41. The first-order chi connectivity index (χ1) is 7.31. The van der Waals surface area contributed by atoms with Crippen molar-refractivity contribution in [2.75, 3.05) is 0 Å². The minimum atomic E-state index is 0.958. The van der Waals surface area contributed by atoms with Gasteiger partial charge in [0.05, 0.1) is 0 Å². The second-order valence-electron chi connectivity index (χ2n) is 3.64. The van der Waals surface area contributed by atoms with Crippen LogP contribution in [0.2, 0.25) is 0 Å². The van der Waals surface area contributed by atoms with E-state index in [4.69, 9.17) is 0 Å². The Balaban J connectivity index is 0.000000121. The highest BCUT2D eigenvalue weighted by Gasteiger charge is 2.06. The van der Waals surface area contributed by atoms with Crippen molar-refractivity contribution in [1.29, 1.82) is 0 Å². The molecule has 3 rings (SSSR count). The molecule has 0 fully saturated rings. The summed E-state index contributed by atoms with van der Waals surface area (Å²) in [5, 5.41) is 0.958.